The zero-order chi connectivity index (χ0) is 33.8. The Bertz CT molecular complexity index is 1530. The first-order valence-electron chi connectivity index (χ1n) is 15.8. The molecule has 1 aliphatic heterocycles. The average Bonchev–Trinajstić information content (AvgIpc) is 3.72. The maximum atomic E-state index is 13.8. The molecule has 0 unspecified atom stereocenters. The molecule has 2 atom stereocenters. The van der Waals surface area contributed by atoms with Gasteiger partial charge in [0.25, 0.3) is 5.91 Å². The van der Waals surface area contributed by atoms with E-state index in [1.807, 2.05) is 30.3 Å². The van der Waals surface area contributed by atoms with Crippen molar-refractivity contribution < 1.29 is 41.0 Å². The maximum Gasteiger partial charge on any atom is 0.416 e. The van der Waals surface area contributed by atoms with Gasteiger partial charge in [0.2, 0.25) is 5.91 Å². The Morgan fingerprint density at radius 1 is 0.875 bits per heavy atom. The smallest absolute Gasteiger partial charge is 0.390 e. The number of carbonyl (C=O) groups is 2. The SMILES string of the molecule is Cl.O=C(N[C@@H](Cc1ccccc1)[C@@H](O)CNCc1cc(C(F)(F)F)cc(C(F)(F)F)c1)c1cc(C2CCCC2)cc(N2CCCC2=O)c1. The number of halogens is 7. The number of hydrogen-bond acceptors (Lipinski definition) is 4. The van der Waals surface area contributed by atoms with Gasteiger partial charge in [0.15, 0.2) is 0 Å². The first-order valence-corrected chi connectivity index (χ1v) is 15.8. The lowest BCUT2D eigenvalue weighted by Gasteiger charge is -2.26. The van der Waals surface area contributed by atoms with Crippen LogP contribution in [0.25, 0.3) is 0 Å². The number of amides is 2. The van der Waals surface area contributed by atoms with Gasteiger partial charge in [0.1, 0.15) is 0 Å². The second-order valence-electron chi connectivity index (χ2n) is 12.3. The molecule has 0 spiro atoms. The van der Waals surface area contributed by atoms with Crippen LogP contribution >= 0.6 is 12.4 Å². The molecule has 48 heavy (non-hydrogen) atoms. The van der Waals surface area contributed by atoms with Crippen LogP contribution in [-0.2, 0) is 30.1 Å². The fraction of sp³-hybridized carbons (Fsp3) is 0.429. The molecule has 2 fully saturated rings. The minimum absolute atomic E-state index is 0. The van der Waals surface area contributed by atoms with Crippen molar-refractivity contribution in [2.24, 2.45) is 0 Å². The number of anilines is 1. The van der Waals surface area contributed by atoms with Crippen molar-refractivity contribution in [1.29, 1.82) is 0 Å². The first kappa shape index (κ1) is 37.2. The van der Waals surface area contributed by atoms with Crippen molar-refractivity contribution >= 4 is 29.9 Å². The molecule has 0 radical (unpaired) electrons. The minimum atomic E-state index is -4.97. The highest BCUT2D eigenvalue weighted by Gasteiger charge is 2.37. The summed E-state index contributed by atoms with van der Waals surface area (Å²) in [5.74, 6) is -0.209. The molecule has 1 saturated heterocycles. The van der Waals surface area contributed by atoms with E-state index in [0.29, 0.717) is 36.3 Å². The highest BCUT2D eigenvalue weighted by atomic mass is 35.5. The van der Waals surface area contributed by atoms with Crippen LogP contribution in [0, 0.1) is 0 Å². The highest BCUT2D eigenvalue weighted by molar-refractivity contribution is 5.99. The van der Waals surface area contributed by atoms with Crippen LogP contribution in [0.4, 0.5) is 32.0 Å². The Kier molecular flexibility index (Phi) is 12.2. The summed E-state index contributed by atoms with van der Waals surface area (Å²) in [5.41, 5.74) is -0.328. The third-order valence-corrected chi connectivity index (χ3v) is 8.82. The van der Waals surface area contributed by atoms with Crippen molar-refractivity contribution in [2.75, 3.05) is 18.0 Å². The van der Waals surface area contributed by atoms with Gasteiger partial charge in [0.05, 0.1) is 23.3 Å². The standard InChI is InChI=1S/C35H37F6N3O3.ClH/c36-34(37,38)27-13-23(14-28(19-27)35(39,40)41)20-42-21-31(45)30(15-22-7-2-1-3-8-22)43-33(47)26-16-25(24-9-4-5-10-24)17-29(18-26)44-12-6-11-32(44)46;/h1-3,7-8,13-14,16-19,24,30-31,42,45H,4-6,9-12,15,20-21H2,(H,43,47);1H/t30-,31-;/m0./s1. The van der Waals surface area contributed by atoms with Gasteiger partial charge < -0.3 is 20.6 Å². The summed E-state index contributed by atoms with van der Waals surface area (Å²) < 4.78 is 79.9. The Balaban J connectivity index is 0.00000520. The summed E-state index contributed by atoms with van der Waals surface area (Å²) >= 11 is 0. The predicted molar refractivity (Wildman–Crippen MR) is 172 cm³/mol. The quantitative estimate of drug-likeness (QED) is 0.182. The van der Waals surface area contributed by atoms with Gasteiger partial charge in [-0.2, -0.15) is 26.3 Å². The highest BCUT2D eigenvalue weighted by Crippen LogP contribution is 2.38. The van der Waals surface area contributed by atoms with Crippen LogP contribution in [0.2, 0.25) is 0 Å². The summed E-state index contributed by atoms with van der Waals surface area (Å²) in [6.07, 6.45) is -5.72. The van der Waals surface area contributed by atoms with E-state index in [2.05, 4.69) is 10.6 Å². The molecule has 6 nitrogen and oxygen atoms in total. The van der Waals surface area contributed by atoms with E-state index >= 15 is 0 Å². The second kappa shape index (κ2) is 15.7. The summed E-state index contributed by atoms with van der Waals surface area (Å²) in [6.45, 7) is -0.0525. The van der Waals surface area contributed by atoms with Crippen molar-refractivity contribution in [2.45, 2.75) is 81.9 Å². The average molecular weight is 698 g/mol. The Labute approximate surface area is 281 Å². The largest absolute Gasteiger partial charge is 0.416 e. The molecule has 3 N–H and O–H groups in total. The van der Waals surface area contributed by atoms with Gasteiger partial charge in [-0.3, -0.25) is 9.59 Å². The van der Waals surface area contributed by atoms with Crippen LogP contribution in [0.3, 0.4) is 0 Å². The summed E-state index contributed by atoms with van der Waals surface area (Å²) in [7, 11) is 0. The van der Waals surface area contributed by atoms with E-state index in [-0.39, 0.29) is 55.4 Å². The Morgan fingerprint density at radius 2 is 1.52 bits per heavy atom. The molecule has 0 bridgehead atoms. The summed E-state index contributed by atoms with van der Waals surface area (Å²) in [5, 5.41) is 16.9. The monoisotopic (exact) mass is 697 g/mol. The van der Waals surface area contributed by atoms with E-state index in [9.17, 15) is 41.0 Å². The number of nitrogens with one attached hydrogen (secondary N) is 2. The van der Waals surface area contributed by atoms with Gasteiger partial charge >= 0.3 is 12.4 Å². The molecule has 5 rings (SSSR count). The molecule has 1 heterocycles. The van der Waals surface area contributed by atoms with Gasteiger partial charge in [-0.15, -0.1) is 12.4 Å². The lowest BCUT2D eigenvalue weighted by molar-refractivity contribution is -0.143. The molecule has 0 aromatic heterocycles. The van der Waals surface area contributed by atoms with Crippen LogP contribution in [0.15, 0.2) is 66.7 Å². The molecule has 1 saturated carbocycles. The molecular formula is C35H38ClF6N3O3. The fourth-order valence-electron chi connectivity index (χ4n) is 6.37. The Morgan fingerprint density at radius 3 is 2.10 bits per heavy atom. The third kappa shape index (κ3) is 9.51. The van der Waals surface area contributed by atoms with Gasteiger partial charge in [-0.25, -0.2) is 0 Å². The van der Waals surface area contributed by atoms with E-state index in [1.54, 1.807) is 23.1 Å². The summed E-state index contributed by atoms with van der Waals surface area (Å²) in [4.78, 5) is 28.0. The number of aliphatic hydroxyl groups excluding tert-OH is 1. The number of benzene rings is 3. The predicted octanol–water partition coefficient (Wildman–Crippen LogP) is 7.42. The number of aliphatic hydroxyl groups is 1. The second-order valence-corrected chi connectivity index (χ2v) is 12.3. The molecule has 1 aliphatic carbocycles. The fourth-order valence-corrected chi connectivity index (χ4v) is 6.37. The van der Waals surface area contributed by atoms with Gasteiger partial charge in [-0.1, -0.05) is 43.2 Å². The summed E-state index contributed by atoms with van der Waals surface area (Å²) in [6, 6.07) is 15.0. The van der Waals surface area contributed by atoms with Crippen LogP contribution in [0.5, 0.6) is 0 Å². The van der Waals surface area contributed by atoms with Crippen molar-refractivity contribution in [3.8, 4) is 0 Å². The molecular weight excluding hydrogens is 660 g/mol. The van der Waals surface area contributed by atoms with Gasteiger partial charge in [0, 0.05) is 37.3 Å². The molecule has 3 aromatic carbocycles. The van der Waals surface area contributed by atoms with Crippen LogP contribution in [-0.4, -0.2) is 42.2 Å². The van der Waals surface area contributed by atoms with Crippen molar-refractivity contribution in [1.82, 2.24) is 10.6 Å². The van der Waals surface area contributed by atoms with E-state index in [1.165, 1.54) is 0 Å². The maximum absolute atomic E-state index is 13.8. The zero-order valence-corrected chi connectivity index (χ0v) is 26.9. The lowest BCUT2D eigenvalue weighted by Crippen LogP contribution is -2.48. The minimum Gasteiger partial charge on any atom is -0.390 e. The number of rotatable bonds is 11. The first-order chi connectivity index (χ1) is 22.3. The molecule has 13 heteroatoms. The van der Waals surface area contributed by atoms with E-state index in [4.69, 9.17) is 0 Å². The zero-order valence-electron chi connectivity index (χ0n) is 26.0. The number of hydrogen-bond donors (Lipinski definition) is 3. The number of carbonyl (C=O) groups excluding carboxylic acids is 2. The van der Waals surface area contributed by atoms with E-state index < -0.39 is 41.5 Å². The van der Waals surface area contributed by atoms with Crippen molar-refractivity contribution in [3.63, 3.8) is 0 Å². The molecule has 3 aromatic rings. The number of nitrogens with zero attached hydrogens (tertiary/aromatic N) is 1. The molecule has 2 aliphatic rings. The van der Waals surface area contributed by atoms with Crippen LogP contribution < -0.4 is 15.5 Å². The van der Waals surface area contributed by atoms with Crippen LogP contribution in [0.1, 0.15) is 82.6 Å². The topological polar surface area (TPSA) is 81.7 Å². The number of alkyl halides is 6. The molecule has 260 valence electrons. The Hall–Kier alpha value is -3.61. The normalized spacial score (nSPS) is 16.9. The van der Waals surface area contributed by atoms with Gasteiger partial charge in [-0.05, 0) is 84.7 Å². The molecule has 2 amide bonds. The van der Waals surface area contributed by atoms with Crippen molar-refractivity contribution in [3.05, 3.63) is 100 Å². The lowest BCUT2D eigenvalue weighted by atomic mass is 9.94. The third-order valence-electron chi connectivity index (χ3n) is 8.82. The van der Waals surface area contributed by atoms with E-state index in [0.717, 1.165) is 43.2 Å².